The summed E-state index contributed by atoms with van der Waals surface area (Å²) in [4.78, 5) is 0. The average molecular weight is 268 g/mol. The Hall–Kier alpha value is 0. The van der Waals surface area contributed by atoms with Gasteiger partial charge in [-0.15, -0.1) is 0 Å². The molecule has 1 atom stereocenters. The maximum Gasteiger partial charge on any atom is -0.0303 e. The predicted octanol–water partition coefficient (Wildman–Crippen LogP) is 7.33. The van der Waals surface area contributed by atoms with Crippen LogP contribution in [-0.4, -0.2) is 0 Å². The number of hydrogen-bond acceptors (Lipinski definition) is 0. The monoisotopic (exact) mass is 267 g/mol. The van der Waals surface area contributed by atoms with Crippen molar-refractivity contribution in [3.63, 3.8) is 0 Å². The van der Waals surface area contributed by atoms with E-state index in [2.05, 4.69) is 27.7 Å². The molecule has 0 aliphatic heterocycles. The quantitative estimate of drug-likeness (QED) is 0.289. The summed E-state index contributed by atoms with van der Waals surface area (Å²) in [7, 11) is 0. The smallest absolute Gasteiger partial charge is 0.0303 e. The fraction of sp³-hybridized carbons (Fsp3) is 0.947. The summed E-state index contributed by atoms with van der Waals surface area (Å²) in [6, 6.07) is 0. The minimum atomic E-state index is 0.948. The molecule has 1 radical (unpaired) electrons. The van der Waals surface area contributed by atoms with Crippen LogP contribution in [0.15, 0.2) is 0 Å². The van der Waals surface area contributed by atoms with Crippen molar-refractivity contribution in [1.29, 1.82) is 0 Å². The predicted molar refractivity (Wildman–Crippen MR) is 89.5 cm³/mol. The van der Waals surface area contributed by atoms with Gasteiger partial charge in [0.05, 0.1) is 0 Å². The fourth-order valence-electron chi connectivity index (χ4n) is 2.75. The minimum absolute atomic E-state index is 0.948. The first-order valence-electron chi connectivity index (χ1n) is 8.95. The SMILES string of the molecule is CCCCCCCCCCCC(C)CCC[C](C)C. The Balaban J connectivity index is 3.12. The van der Waals surface area contributed by atoms with Gasteiger partial charge in [0, 0.05) is 0 Å². The standard InChI is InChI=1S/C19H39/c1-5-6-7-8-9-10-11-12-13-16-19(4)17-14-15-18(2)3/h19H,5-17H2,1-4H3. The molecular weight excluding hydrogens is 228 g/mol. The third-order valence-electron chi connectivity index (χ3n) is 4.17. The third-order valence-corrected chi connectivity index (χ3v) is 4.17. The Bertz CT molecular complexity index is 159. The van der Waals surface area contributed by atoms with Gasteiger partial charge in [-0.1, -0.05) is 105 Å². The molecule has 0 heterocycles. The van der Waals surface area contributed by atoms with Crippen LogP contribution in [0.5, 0.6) is 0 Å². The second-order valence-corrected chi connectivity index (χ2v) is 6.82. The molecule has 0 saturated heterocycles. The molecule has 0 aliphatic carbocycles. The van der Waals surface area contributed by atoms with E-state index in [9.17, 15) is 0 Å². The molecule has 0 N–H and O–H groups in total. The summed E-state index contributed by atoms with van der Waals surface area (Å²) in [6.07, 6.45) is 18.7. The lowest BCUT2D eigenvalue weighted by molar-refractivity contribution is 0.439. The first-order chi connectivity index (χ1) is 9.16. The summed E-state index contributed by atoms with van der Waals surface area (Å²) in [5.74, 6) is 2.54. The van der Waals surface area contributed by atoms with Crippen LogP contribution in [0, 0.1) is 11.8 Å². The van der Waals surface area contributed by atoms with Crippen LogP contribution in [0.2, 0.25) is 0 Å². The lowest BCUT2D eigenvalue weighted by Gasteiger charge is -2.11. The highest BCUT2D eigenvalue weighted by molar-refractivity contribution is 4.76. The molecule has 19 heavy (non-hydrogen) atoms. The largest absolute Gasteiger partial charge is 0.0654 e. The van der Waals surface area contributed by atoms with Gasteiger partial charge in [0.15, 0.2) is 0 Å². The zero-order valence-electron chi connectivity index (χ0n) is 14.3. The van der Waals surface area contributed by atoms with Crippen LogP contribution in [-0.2, 0) is 0 Å². The van der Waals surface area contributed by atoms with Crippen molar-refractivity contribution < 1.29 is 0 Å². The molecule has 115 valence electrons. The van der Waals surface area contributed by atoms with Gasteiger partial charge in [-0.05, 0) is 18.3 Å². The van der Waals surface area contributed by atoms with E-state index in [1.165, 1.54) is 83.5 Å². The molecule has 0 nitrogen and oxygen atoms in total. The second-order valence-electron chi connectivity index (χ2n) is 6.82. The van der Waals surface area contributed by atoms with Gasteiger partial charge in [0.1, 0.15) is 0 Å². The maximum absolute atomic E-state index is 2.44. The topological polar surface area (TPSA) is 0 Å². The summed E-state index contributed by atoms with van der Waals surface area (Å²) >= 11 is 0. The van der Waals surface area contributed by atoms with Crippen molar-refractivity contribution in [2.24, 2.45) is 5.92 Å². The van der Waals surface area contributed by atoms with E-state index in [1.54, 1.807) is 5.92 Å². The van der Waals surface area contributed by atoms with E-state index >= 15 is 0 Å². The van der Waals surface area contributed by atoms with Gasteiger partial charge in [0.2, 0.25) is 0 Å². The molecule has 1 unspecified atom stereocenters. The molecule has 0 spiro atoms. The Kier molecular flexibility index (Phi) is 14.4. The maximum atomic E-state index is 2.44. The first-order valence-corrected chi connectivity index (χ1v) is 8.95. The van der Waals surface area contributed by atoms with E-state index in [0.717, 1.165) is 5.92 Å². The first kappa shape index (κ1) is 19.0. The molecule has 0 fully saturated rings. The van der Waals surface area contributed by atoms with Gasteiger partial charge < -0.3 is 0 Å². The van der Waals surface area contributed by atoms with E-state index in [0.29, 0.717) is 0 Å². The number of unbranched alkanes of at least 4 members (excludes halogenated alkanes) is 8. The van der Waals surface area contributed by atoms with Gasteiger partial charge in [-0.3, -0.25) is 0 Å². The van der Waals surface area contributed by atoms with Gasteiger partial charge in [-0.25, -0.2) is 0 Å². The zero-order chi connectivity index (χ0) is 14.3. The normalized spacial score (nSPS) is 13.1. The van der Waals surface area contributed by atoms with Gasteiger partial charge >= 0.3 is 0 Å². The van der Waals surface area contributed by atoms with Crippen molar-refractivity contribution in [3.8, 4) is 0 Å². The van der Waals surface area contributed by atoms with Gasteiger partial charge in [0.25, 0.3) is 0 Å². The summed E-state index contributed by atoms with van der Waals surface area (Å²) in [5.41, 5.74) is 0. The summed E-state index contributed by atoms with van der Waals surface area (Å²) in [6.45, 7) is 9.24. The van der Waals surface area contributed by atoms with E-state index in [-0.39, 0.29) is 0 Å². The Morgan fingerprint density at radius 1 is 0.684 bits per heavy atom. The van der Waals surface area contributed by atoms with Crippen molar-refractivity contribution >= 4 is 0 Å². The van der Waals surface area contributed by atoms with Crippen molar-refractivity contribution in [3.05, 3.63) is 5.92 Å². The lowest BCUT2D eigenvalue weighted by atomic mass is 9.95. The van der Waals surface area contributed by atoms with Crippen LogP contribution in [0.4, 0.5) is 0 Å². The molecule has 0 saturated carbocycles. The molecule has 0 aromatic carbocycles. The molecule has 0 aliphatic rings. The Morgan fingerprint density at radius 3 is 1.68 bits per heavy atom. The van der Waals surface area contributed by atoms with Crippen molar-refractivity contribution in [1.82, 2.24) is 0 Å². The molecule has 0 aromatic heterocycles. The third kappa shape index (κ3) is 15.9. The highest BCUT2D eigenvalue weighted by atomic mass is 14.1. The summed E-state index contributed by atoms with van der Waals surface area (Å²) < 4.78 is 0. The summed E-state index contributed by atoms with van der Waals surface area (Å²) in [5, 5.41) is 0. The molecule has 0 rings (SSSR count). The molecule has 0 amide bonds. The molecule has 0 bridgehead atoms. The Morgan fingerprint density at radius 2 is 1.16 bits per heavy atom. The van der Waals surface area contributed by atoms with Gasteiger partial charge in [-0.2, -0.15) is 0 Å². The van der Waals surface area contributed by atoms with E-state index in [4.69, 9.17) is 0 Å². The number of rotatable bonds is 14. The van der Waals surface area contributed by atoms with Crippen LogP contribution in [0.3, 0.4) is 0 Å². The fourth-order valence-corrected chi connectivity index (χ4v) is 2.75. The highest BCUT2D eigenvalue weighted by Gasteiger charge is 2.03. The number of hydrogen-bond donors (Lipinski definition) is 0. The zero-order valence-corrected chi connectivity index (χ0v) is 14.3. The average Bonchev–Trinajstić information content (AvgIpc) is 2.36. The second kappa shape index (κ2) is 14.4. The van der Waals surface area contributed by atoms with Crippen molar-refractivity contribution in [2.45, 2.75) is 111 Å². The van der Waals surface area contributed by atoms with Crippen molar-refractivity contribution in [2.75, 3.05) is 0 Å². The minimum Gasteiger partial charge on any atom is -0.0654 e. The molecule has 0 heteroatoms. The van der Waals surface area contributed by atoms with Crippen LogP contribution in [0.1, 0.15) is 111 Å². The molecular formula is C19H39. The Labute approximate surface area is 123 Å². The molecule has 0 aromatic rings. The van der Waals surface area contributed by atoms with Crippen LogP contribution >= 0.6 is 0 Å². The van der Waals surface area contributed by atoms with E-state index in [1.807, 2.05) is 0 Å². The van der Waals surface area contributed by atoms with Crippen LogP contribution in [0.25, 0.3) is 0 Å². The lowest BCUT2D eigenvalue weighted by Crippen LogP contribution is -1.96. The van der Waals surface area contributed by atoms with E-state index < -0.39 is 0 Å². The van der Waals surface area contributed by atoms with Crippen LogP contribution < -0.4 is 0 Å². The highest BCUT2D eigenvalue weighted by Crippen LogP contribution is 2.19.